The molecule has 56 heavy (non-hydrogen) atoms. The molecule has 10 aromatic rings. The second-order valence-corrected chi connectivity index (χ2v) is 14.4. The molecule has 0 unspecified atom stereocenters. The van der Waals surface area contributed by atoms with Crippen LogP contribution in [0.1, 0.15) is 41.4 Å². The lowest BCUT2D eigenvalue weighted by molar-refractivity contribution is 0.0877. The van der Waals surface area contributed by atoms with Gasteiger partial charge < -0.3 is 0 Å². The molecule has 8 heteroatoms. The Hall–Kier alpha value is -7.84. The van der Waals surface area contributed by atoms with Gasteiger partial charge in [0.05, 0.1) is 33.4 Å². The van der Waals surface area contributed by atoms with Crippen LogP contribution >= 0.6 is 0 Å². The first-order valence-electron chi connectivity index (χ1n) is 18.4. The van der Waals surface area contributed by atoms with Crippen molar-refractivity contribution in [3.05, 3.63) is 180 Å². The number of hydrogen-bond donors (Lipinski definition) is 0. The summed E-state index contributed by atoms with van der Waals surface area (Å²) in [6.07, 6.45) is 0. The molecule has 0 aliphatic carbocycles. The molecule has 4 heterocycles. The molecule has 0 fully saturated rings. The summed E-state index contributed by atoms with van der Waals surface area (Å²) in [5.41, 5.74) is 6.55. The third-order valence-corrected chi connectivity index (χ3v) is 11.5. The lowest BCUT2D eigenvalue weighted by Crippen LogP contribution is -2.40. The molecule has 4 amide bonds. The van der Waals surface area contributed by atoms with Gasteiger partial charge >= 0.3 is 0 Å². The number of rotatable bonds is 3. The summed E-state index contributed by atoms with van der Waals surface area (Å²) < 4.78 is 4.31. The maximum atomic E-state index is 14.0. The van der Waals surface area contributed by atoms with Gasteiger partial charge in [-0.1, -0.05) is 84.9 Å². The van der Waals surface area contributed by atoms with Crippen molar-refractivity contribution in [2.45, 2.75) is 0 Å². The highest BCUT2D eigenvalue weighted by atomic mass is 16.2. The van der Waals surface area contributed by atoms with Gasteiger partial charge in [-0.3, -0.25) is 19.2 Å². The normalized spacial score (nSPS) is 14.1. The summed E-state index contributed by atoms with van der Waals surface area (Å²) in [7, 11) is 0. The largest absolute Gasteiger partial charge is 0.268 e. The van der Waals surface area contributed by atoms with Gasteiger partial charge in [-0.25, -0.2) is 19.2 Å². The van der Waals surface area contributed by atoms with Crippen molar-refractivity contribution in [3.8, 4) is 0 Å². The average Bonchev–Trinajstić information content (AvgIpc) is 3.73. The van der Waals surface area contributed by atoms with Gasteiger partial charge in [-0.15, -0.1) is 0 Å². The van der Waals surface area contributed by atoms with E-state index in [0.717, 1.165) is 54.4 Å². The van der Waals surface area contributed by atoms with E-state index in [9.17, 15) is 19.2 Å². The van der Waals surface area contributed by atoms with Crippen LogP contribution in [0.25, 0.3) is 65.2 Å². The Morgan fingerprint density at radius 3 is 1.02 bits per heavy atom. The second kappa shape index (κ2) is 10.9. The zero-order valence-electron chi connectivity index (χ0n) is 29.4. The van der Waals surface area contributed by atoms with Crippen molar-refractivity contribution in [1.29, 1.82) is 0 Å². The van der Waals surface area contributed by atoms with E-state index in [1.54, 1.807) is 24.3 Å². The molecule has 0 saturated carbocycles. The molecule has 0 bridgehead atoms. The minimum Gasteiger partial charge on any atom is -0.268 e. The molecular weight excluding hydrogens is 697 g/mol. The van der Waals surface area contributed by atoms with Gasteiger partial charge in [0.2, 0.25) is 0 Å². The van der Waals surface area contributed by atoms with Crippen LogP contribution in [0, 0.1) is 0 Å². The van der Waals surface area contributed by atoms with Crippen LogP contribution in [0.2, 0.25) is 0 Å². The number of benzene rings is 8. The Labute approximate surface area is 317 Å². The third-order valence-electron chi connectivity index (χ3n) is 11.5. The van der Waals surface area contributed by atoms with Gasteiger partial charge in [0.15, 0.2) is 0 Å². The van der Waals surface area contributed by atoms with Crippen LogP contribution in [0.5, 0.6) is 0 Å². The molecule has 8 aromatic carbocycles. The van der Waals surface area contributed by atoms with Crippen LogP contribution in [0.15, 0.2) is 158 Å². The van der Waals surface area contributed by atoms with Gasteiger partial charge in [0.25, 0.3) is 23.6 Å². The van der Waals surface area contributed by atoms with Crippen molar-refractivity contribution in [2.75, 3.05) is 9.80 Å². The number of nitrogens with zero attached hydrogens (tertiary/aromatic N) is 4. The highest BCUT2D eigenvalue weighted by Gasteiger charge is 2.36. The minimum absolute atomic E-state index is 0.355. The predicted octanol–water partition coefficient (Wildman–Crippen LogP) is 10.1. The number of aromatic nitrogens is 2. The average molecular weight is 723 g/mol. The number of para-hydroxylation sites is 2. The summed E-state index contributed by atoms with van der Waals surface area (Å²) in [6.45, 7) is 0. The Balaban J connectivity index is 1.05. The van der Waals surface area contributed by atoms with Crippen LogP contribution in [0.3, 0.4) is 0 Å². The third kappa shape index (κ3) is 3.86. The molecule has 2 aliphatic heterocycles. The second-order valence-electron chi connectivity index (χ2n) is 14.4. The molecule has 0 radical (unpaired) electrons. The minimum atomic E-state index is -0.355. The lowest BCUT2D eigenvalue weighted by Gasteiger charge is -2.27. The highest BCUT2D eigenvalue weighted by Crippen LogP contribution is 2.41. The van der Waals surface area contributed by atoms with Crippen LogP contribution in [0.4, 0.5) is 11.4 Å². The molecule has 2 aromatic heterocycles. The quantitative estimate of drug-likeness (QED) is 0.170. The number of imide groups is 2. The zero-order valence-corrected chi connectivity index (χ0v) is 29.4. The van der Waals surface area contributed by atoms with E-state index in [4.69, 9.17) is 0 Å². The number of anilines is 2. The van der Waals surface area contributed by atoms with E-state index in [1.165, 1.54) is 9.80 Å². The van der Waals surface area contributed by atoms with Crippen molar-refractivity contribution < 1.29 is 19.2 Å². The topological polar surface area (TPSA) is 84.6 Å². The summed E-state index contributed by atoms with van der Waals surface area (Å²) >= 11 is 0. The molecule has 262 valence electrons. The predicted molar refractivity (Wildman–Crippen MR) is 220 cm³/mol. The first kappa shape index (κ1) is 30.6. The summed E-state index contributed by atoms with van der Waals surface area (Å²) in [5.74, 6) is -1.42. The fraction of sp³-hybridized carbons (Fsp3) is 0. The number of fused-ring (bicyclic) bond motifs is 6. The van der Waals surface area contributed by atoms with Gasteiger partial charge in [0.1, 0.15) is 0 Å². The monoisotopic (exact) mass is 722 g/mol. The van der Waals surface area contributed by atoms with E-state index in [1.807, 2.05) is 121 Å². The van der Waals surface area contributed by atoms with E-state index in [0.29, 0.717) is 44.4 Å². The number of amides is 4. The summed E-state index contributed by atoms with van der Waals surface area (Å²) in [5, 5.41) is 6.72. The molecule has 8 nitrogen and oxygen atoms in total. The highest BCUT2D eigenvalue weighted by molar-refractivity contribution is 6.37. The maximum Gasteiger partial charge on any atom is 0.265 e. The van der Waals surface area contributed by atoms with Crippen molar-refractivity contribution in [2.24, 2.45) is 0 Å². The van der Waals surface area contributed by atoms with E-state index in [-0.39, 0.29) is 23.6 Å². The van der Waals surface area contributed by atoms with Crippen LogP contribution in [-0.2, 0) is 0 Å². The summed E-state index contributed by atoms with van der Waals surface area (Å²) in [6, 6.07) is 49.8. The number of carbonyl (C=O) groups excluding carboxylic acids is 4. The molecule has 12 rings (SSSR count). The molecular formula is C48H26N4O4. The standard InChI is InChI=1S/C48H26N4O4/c53-45-33-15-5-9-27-10-6-16-34(43(27)33)46(54)49(45)29-21-23-41-37(25-29)31-13-1-3-19-39(31)51(41)52-40-20-4-2-14-32(40)38-26-30(22-24-42(38)52)50-47(55)35-17-7-11-28-12-8-18-36(44(28)35)48(50)56/h1-26H. The van der Waals surface area contributed by atoms with Crippen molar-refractivity contribution in [3.63, 3.8) is 0 Å². The SMILES string of the molecule is O=C1c2cccc3cccc(c23)C(=O)N1c1ccc2c(c1)c1ccccc1n2-n1c2ccccc2c2cc(N3C(=O)c4cccc5cccc(c45)C3=O)ccc21. The first-order chi connectivity index (χ1) is 27.5. The van der Waals surface area contributed by atoms with E-state index in [2.05, 4.69) is 21.5 Å². The molecule has 0 N–H and O–H groups in total. The maximum absolute atomic E-state index is 14.0. The van der Waals surface area contributed by atoms with Crippen LogP contribution < -0.4 is 9.80 Å². The molecule has 0 atom stereocenters. The van der Waals surface area contributed by atoms with E-state index < -0.39 is 0 Å². The fourth-order valence-electron chi connectivity index (χ4n) is 9.12. The first-order valence-corrected chi connectivity index (χ1v) is 18.4. The van der Waals surface area contributed by atoms with E-state index >= 15 is 0 Å². The summed E-state index contributed by atoms with van der Waals surface area (Å²) in [4.78, 5) is 58.7. The Bertz CT molecular complexity index is 3150. The smallest absolute Gasteiger partial charge is 0.265 e. The lowest BCUT2D eigenvalue weighted by atomic mass is 9.93. The Morgan fingerprint density at radius 2 is 0.643 bits per heavy atom. The number of hydrogen-bond acceptors (Lipinski definition) is 4. The van der Waals surface area contributed by atoms with Crippen LogP contribution in [-0.4, -0.2) is 33.0 Å². The van der Waals surface area contributed by atoms with Gasteiger partial charge in [-0.05, 0) is 83.6 Å². The Morgan fingerprint density at radius 1 is 0.304 bits per heavy atom. The zero-order chi connectivity index (χ0) is 37.4. The molecule has 2 aliphatic rings. The molecule has 0 saturated heterocycles. The molecule has 0 spiro atoms. The van der Waals surface area contributed by atoms with Gasteiger partial charge in [0, 0.05) is 54.6 Å². The fourth-order valence-corrected chi connectivity index (χ4v) is 9.12. The number of carbonyl (C=O) groups is 4. The Kier molecular flexibility index (Phi) is 5.94. The van der Waals surface area contributed by atoms with Gasteiger partial charge in [-0.2, -0.15) is 0 Å². The van der Waals surface area contributed by atoms with Crippen molar-refractivity contribution >= 4 is 100 Å². The van der Waals surface area contributed by atoms with Crippen molar-refractivity contribution in [1.82, 2.24) is 9.35 Å².